The van der Waals surface area contributed by atoms with E-state index < -0.39 is 0 Å². The molecule has 0 bridgehead atoms. The van der Waals surface area contributed by atoms with Gasteiger partial charge in [-0.1, -0.05) is 24.3 Å². The Morgan fingerprint density at radius 3 is 2.43 bits per heavy atom. The van der Waals surface area contributed by atoms with Gasteiger partial charge in [0.1, 0.15) is 0 Å². The summed E-state index contributed by atoms with van der Waals surface area (Å²) in [4.78, 5) is 14.5. The third-order valence-corrected chi connectivity index (χ3v) is 3.98. The molecule has 0 radical (unpaired) electrons. The highest BCUT2D eigenvalue weighted by atomic mass is 16.2. The molecule has 3 heteroatoms. The van der Waals surface area contributed by atoms with E-state index in [1.165, 1.54) is 0 Å². The van der Waals surface area contributed by atoms with Gasteiger partial charge in [0.25, 0.3) is 0 Å². The zero-order chi connectivity index (χ0) is 16.8. The van der Waals surface area contributed by atoms with Crippen LogP contribution in [-0.2, 0) is 11.2 Å². The molecular weight excluding hydrogens is 284 g/mol. The minimum absolute atomic E-state index is 0.130. The van der Waals surface area contributed by atoms with Gasteiger partial charge >= 0.3 is 0 Å². The molecule has 0 atom stereocenters. The van der Waals surface area contributed by atoms with Crippen LogP contribution in [0, 0.1) is 25.2 Å². The molecular formula is C20H22N2O. The second-order valence-electron chi connectivity index (χ2n) is 5.74. The van der Waals surface area contributed by atoms with Crippen molar-refractivity contribution in [3.05, 3.63) is 64.7 Å². The predicted molar refractivity (Wildman–Crippen MR) is 93.4 cm³/mol. The van der Waals surface area contributed by atoms with Crippen LogP contribution in [0.15, 0.2) is 42.5 Å². The average molecular weight is 306 g/mol. The highest BCUT2D eigenvalue weighted by molar-refractivity contribution is 5.94. The smallest absolute Gasteiger partial charge is 0.227 e. The standard InChI is InChI=1S/C20H22N2O/c1-4-22(19-13-15(2)5-6-16(19)3)20(23)12-11-17-7-9-18(14-21)10-8-17/h5-10,13H,4,11-12H2,1-3H3. The first-order chi connectivity index (χ1) is 11.0. The van der Waals surface area contributed by atoms with Crippen LogP contribution in [0.5, 0.6) is 0 Å². The Morgan fingerprint density at radius 1 is 1.13 bits per heavy atom. The Morgan fingerprint density at radius 2 is 1.83 bits per heavy atom. The molecule has 0 aliphatic carbocycles. The molecule has 0 saturated heterocycles. The van der Waals surface area contributed by atoms with Crippen molar-refractivity contribution < 1.29 is 4.79 Å². The molecule has 0 aliphatic heterocycles. The first-order valence-corrected chi connectivity index (χ1v) is 7.91. The van der Waals surface area contributed by atoms with E-state index in [-0.39, 0.29) is 5.91 Å². The van der Waals surface area contributed by atoms with E-state index in [2.05, 4.69) is 24.3 Å². The van der Waals surface area contributed by atoms with Crippen LogP contribution in [0.25, 0.3) is 0 Å². The van der Waals surface area contributed by atoms with Crippen LogP contribution in [0.1, 0.15) is 35.6 Å². The average Bonchev–Trinajstić information content (AvgIpc) is 2.57. The summed E-state index contributed by atoms with van der Waals surface area (Å²) in [6.07, 6.45) is 1.15. The summed E-state index contributed by atoms with van der Waals surface area (Å²) in [7, 11) is 0. The number of nitrogens with zero attached hydrogens (tertiary/aromatic N) is 2. The molecule has 0 spiro atoms. The maximum atomic E-state index is 12.6. The molecule has 0 aliphatic rings. The highest BCUT2D eigenvalue weighted by Gasteiger charge is 2.15. The summed E-state index contributed by atoms with van der Waals surface area (Å²) in [6.45, 7) is 6.74. The maximum Gasteiger partial charge on any atom is 0.227 e. The lowest BCUT2D eigenvalue weighted by Crippen LogP contribution is -2.31. The summed E-state index contributed by atoms with van der Waals surface area (Å²) >= 11 is 0. The Balaban J connectivity index is 2.08. The van der Waals surface area contributed by atoms with Gasteiger partial charge < -0.3 is 4.90 Å². The van der Waals surface area contributed by atoms with Crippen LogP contribution in [-0.4, -0.2) is 12.5 Å². The lowest BCUT2D eigenvalue weighted by atomic mass is 10.1. The molecule has 0 aromatic heterocycles. The van der Waals surface area contributed by atoms with E-state index in [4.69, 9.17) is 5.26 Å². The van der Waals surface area contributed by atoms with E-state index in [1.54, 1.807) is 12.1 Å². The Labute approximate surface area is 138 Å². The van der Waals surface area contributed by atoms with E-state index in [0.29, 0.717) is 24.9 Å². The lowest BCUT2D eigenvalue weighted by Gasteiger charge is -2.23. The number of aryl methyl sites for hydroxylation is 3. The van der Waals surface area contributed by atoms with E-state index in [0.717, 1.165) is 22.4 Å². The third kappa shape index (κ3) is 4.20. The quantitative estimate of drug-likeness (QED) is 0.832. The van der Waals surface area contributed by atoms with Gasteiger partial charge in [0, 0.05) is 18.7 Å². The number of carbonyl (C=O) groups is 1. The topological polar surface area (TPSA) is 44.1 Å². The zero-order valence-corrected chi connectivity index (χ0v) is 14.0. The van der Waals surface area contributed by atoms with Crippen LogP contribution in [0.4, 0.5) is 5.69 Å². The molecule has 0 saturated carbocycles. The normalized spacial score (nSPS) is 10.2. The van der Waals surface area contributed by atoms with Crippen molar-refractivity contribution in [2.75, 3.05) is 11.4 Å². The minimum atomic E-state index is 0.130. The minimum Gasteiger partial charge on any atom is -0.312 e. The summed E-state index contributed by atoms with van der Waals surface area (Å²) in [6, 6.07) is 15.7. The van der Waals surface area contributed by atoms with Crippen molar-refractivity contribution in [2.24, 2.45) is 0 Å². The molecule has 118 valence electrons. The second kappa shape index (κ2) is 7.60. The van der Waals surface area contributed by atoms with Crippen molar-refractivity contribution in [1.29, 1.82) is 5.26 Å². The third-order valence-electron chi connectivity index (χ3n) is 3.98. The van der Waals surface area contributed by atoms with Crippen molar-refractivity contribution in [3.8, 4) is 6.07 Å². The van der Waals surface area contributed by atoms with E-state index in [9.17, 15) is 4.79 Å². The molecule has 2 aromatic rings. The number of hydrogen-bond acceptors (Lipinski definition) is 2. The molecule has 2 rings (SSSR count). The van der Waals surface area contributed by atoms with Crippen molar-refractivity contribution in [3.63, 3.8) is 0 Å². The number of carbonyl (C=O) groups excluding carboxylic acids is 1. The number of amides is 1. The fourth-order valence-electron chi connectivity index (χ4n) is 2.62. The van der Waals surface area contributed by atoms with Gasteiger partial charge in [-0.3, -0.25) is 4.79 Å². The number of hydrogen-bond donors (Lipinski definition) is 0. The highest BCUT2D eigenvalue weighted by Crippen LogP contribution is 2.22. The number of nitriles is 1. The fourth-order valence-corrected chi connectivity index (χ4v) is 2.62. The van der Waals surface area contributed by atoms with Gasteiger partial charge in [-0.25, -0.2) is 0 Å². The van der Waals surface area contributed by atoms with Crippen LogP contribution in [0.3, 0.4) is 0 Å². The maximum absolute atomic E-state index is 12.6. The first kappa shape index (κ1) is 16.8. The second-order valence-corrected chi connectivity index (χ2v) is 5.74. The Hall–Kier alpha value is -2.60. The number of rotatable bonds is 5. The van der Waals surface area contributed by atoms with Crippen molar-refractivity contribution in [1.82, 2.24) is 0 Å². The van der Waals surface area contributed by atoms with Crippen LogP contribution < -0.4 is 4.90 Å². The monoisotopic (exact) mass is 306 g/mol. The SMILES string of the molecule is CCN(C(=O)CCc1ccc(C#N)cc1)c1cc(C)ccc1C. The van der Waals surface area contributed by atoms with Gasteiger partial charge in [0.05, 0.1) is 11.6 Å². The van der Waals surface area contributed by atoms with Crippen molar-refractivity contribution >= 4 is 11.6 Å². The fraction of sp³-hybridized carbons (Fsp3) is 0.300. The molecule has 23 heavy (non-hydrogen) atoms. The van der Waals surface area contributed by atoms with Crippen LogP contribution >= 0.6 is 0 Å². The summed E-state index contributed by atoms with van der Waals surface area (Å²) in [5, 5.41) is 8.81. The Kier molecular flexibility index (Phi) is 5.54. The van der Waals surface area contributed by atoms with Gasteiger partial charge in [0.2, 0.25) is 5.91 Å². The van der Waals surface area contributed by atoms with Gasteiger partial charge in [-0.15, -0.1) is 0 Å². The van der Waals surface area contributed by atoms with Gasteiger partial charge in [-0.05, 0) is 62.1 Å². The molecule has 0 unspecified atom stereocenters. The van der Waals surface area contributed by atoms with Gasteiger partial charge in [0.15, 0.2) is 0 Å². The predicted octanol–water partition coefficient (Wildman–Crippen LogP) is 4.16. The molecule has 0 N–H and O–H groups in total. The first-order valence-electron chi connectivity index (χ1n) is 7.91. The molecule has 1 amide bonds. The zero-order valence-electron chi connectivity index (χ0n) is 14.0. The summed E-state index contributed by atoms with van der Waals surface area (Å²) < 4.78 is 0. The molecule has 2 aromatic carbocycles. The number of benzene rings is 2. The Bertz CT molecular complexity index is 726. The van der Waals surface area contributed by atoms with Crippen molar-refractivity contribution in [2.45, 2.75) is 33.6 Å². The lowest BCUT2D eigenvalue weighted by molar-refractivity contribution is -0.118. The van der Waals surface area contributed by atoms with E-state index in [1.807, 2.05) is 37.8 Å². The molecule has 0 fully saturated rings. The molecule has 0 heterocycles. The number of anilines is 1. The van der Waals surface area contributed by atoms with E-state index >= 15 is 0 Å². The summed E-state index contributed by atoms with van der Waals surface area (Å²) in [5.74, 6) is 0.130. The largest absolute Gasteiger partial charge is 0.312 e. The van der Waals surface area contributed by atoms with Crippen LogP contribution in [0.2, 0.25) is 0 Å². The summed E-state index contributed by atoms with van der Waals surface area (Å²) in [5.41, 5.74) is 4.99. The molecule has 3 nitrogen and oxygen atoms in total. The van der Waals surface area contributed by atoms with Gasteiger partial charge in [-0.2, -0.15) is 5.26 Å².